The van der Waals surface area contributed by atoms with Gasteiger partial charge in [-0.1, -0.05) is 13.8 Å². The number of epoxide rings is 2. The van der Waals surface area contributed by atoms with Crippen molar-refractivity contribution in [3.63, 3.8) is 0 Å². The molecule has 2 heterocycles. The summed E-state index contributed by atoms with van der Waals surface area (Å²) in [6.07, 6.45) is 1.55. The van der Waals surface area contributed by atoms with E-state index in [1.807, 2.05) is 0 Å². The maximum absolute atomic E-state index is 11.0. The molecule has 0 aromatic rings. The third-order valence-electron chi connectivity index (χ3n) is 5.34. The van der Waals surface area contributed by atoms with Crippen molar-refractivity contribution in [2.75, 3.05) is 0 Å². The van der Waals surface area contributed by atoms with Gasteiger partial charge in [0.1, 0.15) is 22.9 Å². The summed E-state index contributed by atoms with van der Waals surface area (Å²) in [6, 6.07) is 0. The van der Waals surface area contributed by atoms with Crippen LogP contribution in [0, 0.1) is 5.92 Å². The van der Waals surface area contributed by atoms with Gasteiger partial charge in [-0.3, -0.25) is 0 Å². The highest BCUT2D eigenvalue weighted by Crippen LogP contribution is 2.74. The third-order valence-corrected chi connectivity index (χ3v) is 5.34. The van der Waals surface area contributed by atoms with Gasteiger partial charge in [-0.15, -0.1) is 0 Å². The lowest BCUT2D eigenvalue weighted by molar-refractivity contribution is -0.124. The molecule has 6 atom stereocenters. The fourth-order valence-corrected chi connectivity index (χ4v) is 4.51. The van der Waals surface area contributed by atoms with Gasteiger partial charge in [-0.05, 0) is 18.8 Å². The Morgan fingerprint density at radius 2 is 2.06 bits per heavy atom. The number of ether oxygens (including phenoxy) is 2. The zero-order valence-electron chi connectivity index (χ0n) is 9.64. The van der Waals surface area contributed by atoms with E-state index in [-0.39, 0.29) is 12.2 Å². The lowest BCUT2D eigenvalue weighted by atomic mass is 9.68. The highest BCUT2D eigenvalue weighted by molar-refractivity contribution is 5.39. The quantitative estimate of drug-likeness (QED) is 0.627. The van der Waals surface area contributed by atoms with Gasteiger partial charge in [-0.25, -0.2) is 0 Å². The second kappa shape index (κ2) is 2.34. The maximum atomic E-state index is 11.0. The van der Waals surface area contributed by atoms with Crippen LogP contribution in [0.15, 0.2) is 0 Å². The first kappa shape index (κ1) is 9.83. The topological polar surface area (TPSA) is 65.5 Å². The first-order valence-electron chi connectivity index (χ1n) is 6.24. The van der Waals surface area contributed by atoms with Gasteiger partial charge in [0, 0.05) is 6.42 Å². The Morgan fingerprint density at radius 3 is 2.75 bits per heavy atom. The number of fused-ring (bicyclic) bond motifs is 2. The van der Waals surface area contributed by atoms with E-state index in [2.05, 4.69) is 13.8 Å². The van der Waals surface area contributed by atoms with E-state index in [1.54, 1.807) is 0 Å². The minimum absolute atomic E-state index is 0.132. The van der Waals surface area contributed by atoms with Crippen LogP contribution in [0.4, 0.5) is 0 Å². The molecular formula is C12H18O4. The van der Waals surface area contributed by atoms with E-state index in [4.69, 9.17) is 9.47 Å². The van der Waals surface area contributed by atoms with E-state index >= 15 is 0 Å². The Bertz CT molecular complexity index is 370. The Labute approximate surface area is 94.5 Å². The van der Waals surface area contributed by atoms with Crippen LogP contribution in [0.3, 0.4) is 0 Å². The standard InChI is InChI=1S/C12H18O4/c1-6(2)12-8(15-12)5-10-9(16-10)7(13)3-4-11(10,12)14/h6-9,13-14H,3-5H2,1-2H3/t7-,8+,9-,10-,11+,12-/m0/s1. The van der Waals surface area contributed by atoms with Gasteiger partial charge in [0.25, 0.3) is 0 Å². The van der Waals surface area contributed by atoms with E-state index in [1.165, 1.54) is 0 Å². The largest absolute Gasteiger partial charge is 0.390 e. The summed E-state index contributed by atoms with van der Waals surface area (Å²) in [7, 11) is 0. The molecule has 2 aliphatic carbocycles. The molecule has 2 saturated carbocycles. The Hall–Kier alpha value is -0.160. The van der Waals surface area contributed by atoms with Gasteiger partial charge in [0.05, 0.1) is 12.2 Å². The summed E-state index contributed by atoms with van der Waals surface area (Å²) >= 11 is 0. The first-order valence-corrected chi connectivity index (χ1v) is 6.24. The third kappa shape index (κ3) is 0.706. The van der Waals surface area contributed by atoms with Crippen LogP contribution >= 0.6 is 0 Å². The molecule has 2 saturated heterocycles. The van der Waals surface area contributed by atoms with Crippen LogP contribution in [-0.4, -0.2) is 45.3 Å². The molecule has 2 aliphatic heterocycles. The molecule has 0 unspecified atom stereocenters. The molecule has 4 nitrogen and oxygen atoms in total. The number of rotatable bonds is 1. The number of aliphatic hydroxyl groups is 2. The van der Waals surface area contributed by atoms with E-state index < -0.39 is 22.9 Å². The molecule has 4 heteroatoms. The maximum Gasteiger partial charge on any atom is 0.131 e. The van der Waals surface area contributed by atoms with Crippen molar-refractivity contribution in [1.82, 2.24) is 0 Å². The second-order valence-corrected chi connectivity index (χ2v) is 6.15. The summed E-state index contributed by atoms with van der Waals surface area (Å²) in [6.45, 7) is 4.19. The van der Waals surface area contributed by atoms with Crippen LogP contribution in [0.1, 0.15) is 33.1 Å². The molecule has 16 heavy (non-hydrogen) atoms. The molecule has 4 aliphatic rings. The van der Waals surface area contributed by atoms with Crippen LogP contribution in [0.5, 0.6) is 0 Å². The van der Waals surface area contributed by atoms with Crippen molar-refractivity contribution in [2.45, 2.75) is 68.2 Å². The second-order valence-electron chi connectivity index (χ2n) is 6.15. The zero-order chi connectivity index (χ0) is 11.3. The molecule has 2 N–H and O–H groups in total. The zero-order valence-corrected chi connectivity index (χ0v) is 9.64. The molecule has 90 valence electrons. The average molecular weight is 226 g/mol. The van der Waals surface area contributed by atoms with E-state index in [0.717, 1.165) is 6.42 Å². The Kier molecular flexibility index (Phi) is 1.44. The molecule has 0 bridgehead atoms. The van der Waals surface area contributed by atoms with Crippen LogP contribution < -0.4 is 0 Å². The van der Waals surface area contributed by atoms with Crippen LogP contribution in [0.25, 0.3) is 0 Å². The van der Waals surface area contributed by atoms with Crippen molar-refractivity contribution >= 4 is 0 Å². The minimum atomic E-state index is -0.872. The molecular weight excluding hydrogens is 208 g/mol. The number of hydrogen-bond acceptors (Lipinski definition) is 4. The SMILES string of the molecule is CC(C)[C@]12O[C@@H]1C[C@]13O[C@H]1[C@@H](O)CC[C@@]32O. The van der Waals surface area contributed by atoms with Gasteiger partial charge in [0.2, 0.25) is 0 Å². The Balaban J connectivity index is 1.79. The molecule has 4 fully saturated rings. The molecule has 0 radical (unpaired) electrons. The highest BCUT2D eigenvalue weighted by Gasteiger charge is 2.91. The fourth-order valence-electron chi connectivity index (χ4n) is 4.51. The monoisotopic (exact) mass is 226 g/mol. The van der Waals surface area contributed by atoms with Crippen molar-refractivity contribution in [3.05, 3.63) is 0 Å². The lowest BCUT2D eigenvalue weighted by Crippen LogP contribution is -2.59. The van der Waals surface area contributed by atoms with Crippen LogP contribution in [-0.2, 0) is 9.47 Å². The van der Waals surface area contributed by atoms with E-state index in [0.29, 0.717) is 18.8 Å². The average Bonchev–Trinajstić information content (AvgIpc) is 3.07. The normalized spacial score (nSPS) is 66.2. The number of aliphatic hydroxyl groups excluding tert-OH is 1. The predicted octanol–water partition coefficient (Wildman–Crippen LogP) is 0.207. The Morgan fingerprint density at radius 1 is 1.31 bits per heavy atom. The van der Waals surface area contributed by atoms with Crippen molar-refractivity contribution < 1.29 is 19.7 Å². The van der Waals surface area contributed by atoms with E-state index in [9.17, 15) is 10.2 Å². The summed E-state index contributed by atoms with van der Waals surface area (Å²) in [5, 5.41) is 20.8. The lowest BCUT2D eigenvalue weighted by Gasteiger charge is -2.41. The summed E-state index contributed by atoms with van der Waals surface area (Å²) < 4.78 is 11.5. The molecule has 0 aromatic carbocycles. The van der Waals surface area contributed by atoms with Gasteiger partial charge < -0.3 is 19.7 Å². The van der Waals surface area contributed by atoms with Crippen LogP contribution in [0.2, 0.25) is 0 Å². The molecule has 4 rings (SSSR count). The molecule has 1 spiro atoms. The van der Waals surface area contributed by atoms with Crippen molar-refractivity contribution in [1.29, 1.82) is 0 Å². The molecule has 0 amide bonds. The summed E-state index contributed by atoms with van der Waals surface area (Å²) in [4.78, 5) is 0. The summed E-state index contributed by atoms with van der Waals surface area (Å²) in [5.74, 6) is 0.293. The summed E-state index contributed by atoms with van der Waals surface area (Å²) in [5.41, 5.74) is -1.76. The van der Waals surface area contributed by atoms with Crippen molar-refractivity contribution in [3.8, 4) is 0 Å². The highest BCUT2D eigenvalue weighted by atomic mass is 16.7. The molecule has 0 aromatic heterocycles. The number of hydrogen-bond donors (Lipinski definition) is 2. The van der Waals surface area contributed by atoms with Gasteiger partial charge in [0.15, 0.2) is 0 Å². The van der Waals surface area contributed by atoms with Gasteiger partial charge >= 0.3 is 0 Å². The van der Waals surface area contributed by atoms with Crippen molar-refractivity contribution in [2.24, 2.45) is 5.92 Å². The smallest absolute Gasteiger partial charge is 0.131 e. The fraction of sp³-hybridized carbons (Fsp3) is 1.00. The minimum Gasteiger partial charge on any atom is -0.390 e. The first-order chi connectivity index (χ1) is 7.48. The van der Waals surface area contributed by atoms with Gasteiger partial charge in [-0.2, -0.15) is 0 Å². The predicted molar refractivity (Wildman–Crippen MR) is 54.9 cm³/mol.